The highest BCUT2D eigenvalue weighted by Crippen LogP contribution is 2.34. The maximum Gasteiger partial charge on any atom is 0.0809 e. The molecule has 3 nitrogen and oxygen atoms in total. The Morgan fingerprint density at radius 3 is 3.05 bits per heavy atom. The second-order valence-corrected chi connectivity index (χ2v) is 6.36. The van der Waals surface area contributed by atoms with Crippen LogP contribution in [0.3, 0.4) is 0 Å². The summed E-state index contributed by atoms with van der Waals surface area (Å²) in [6, 6.07) is 4.62. The summed E-state index contributed by atoms with van der Waals surface area (Å²) in [5.74, 6) is 0. The monoisotopic (exact) mass is 276 g/mol. The predicted molar refractivity (Wildman–Crippen MR) is 79.6 cm³/mol. The van der Waals surface area contributed by atoms with E-state index in [-0.39, 0.29) is 5.60 Å². The van der Waals surface area contributed by atoms with Crippen molar-refractivity contribution in [3.05, 3.63) is 29.3 Å². The number of ether oxygens (including phenoxy) is 1. The zero-order chi connectivity index (χ0) is 13.3. The second-order valence-electron chi connectivity index (χ2n) is 5.42. The molecule has 2 heterocycles. The van der Waals surface area contributed by atoms with Gasteiger partial charge in [0, 0.05) is 25.9 Å². The number of hydrogen-bond donors (Lipinski definition) is 1. The molecule has 1 unspecified atom stereocenters. The lowest BCUT2D eigenvalue weighted by Crippen LogP contribution is -2.48. The fourth-order valence-electron chi connectivity index (χ4n) is 2.58. The van der Waals surface area contributed by atoms with E-state index in [1.807, 2.05) is 13.3 Å². The van der Waals surface area contributed by atoms with Crippen molar-refractivity contribution in [1.29, 1.82) is 0 Å². The maximum absolute atomic E-state index is 5.64. The minimum absolute atomic E-state index is 0.0781. The standard InChI is InChI=1S/C15H20N2OS/c1-11(17-10-15(18-2)5-3-6-15)12-8-14-13(16-9-12)4-7-19-14/h4,7-9,11,17H,3,5-6,10H2,1-2H3. The van der Waals surface area contributed by atoms with Crippen LogP contribution in [0.25, 0.3) is 10.2 Å². The van der Waals surface area contributed by atoms with Gasteiger partial charge in [0.15, 0.2) is 0 Å². The van der Waals surface area contributed by atoms with Crippen LogP contribution in [0.4, 0.5) is 0 Å². The molecule has 0 radical (unpaired) electrons. The summed E-state index contributed by atoms with van der Waals surface area (Å²) in [6.45, 7) is 3.12. The molecule has 2 aromatic heterocycles. The van der Waals surface area contributed by atoms with Gasteiger partial charge in [-0.3, -0.25) is 4.98 Å². The first-order valence-corrected chi connectivity index (χ1v) is 7.72. The van der Waals surface area contributed by atoms with Gasteiger partial charge in [-0.05, 0) is 49.3 Å². The number of thiophene rings is 1. The molecule has 0 bridgehead atoms. The summed E-state index contributed by atoms with van der Waals surface area (Å²) in [5, 5.41) is 5.68. The molecule has 19 heavy (non-hydrogen) atoms. The molecule has 0 aromatic carbocycles. The lowest BCUT2D eigenvalue weighted by atomic mass is 9.80. The molecule has 0 saturated heterocycles. The fraction of sp³-hybridized carbons (Fsp3) is 0.533. The van der Waals surface area contributed by atoms with E-state index in [0.717, 1.165) is 12.1 Å². The van der Waals surface area contributed by atoms with Crippen LogP contribution in [0.15, 0.2) is 23.7 Å². The van der Waals surface area contributed by atoms with E-state index in [1.165, 1.54) is 29.5 Å². The van der Waals surface area contributed by atoms with Crippen LogP contribution >= 0.6 is 11.3 Å². The molecule has 1 saturated carbocycles. The fourth-order valence-corrected chi connectivity index (χ4v) is 3.37. The van der Waals surface area contributed by atoms with Gasteiger partial charge in [0.05, 0.1) is 15.8 Å². The minimum Gasteiger partial charge on any atom is -0.377 e. The zero-order valence-electron chi connectivity index (χ0n) is 11.5. The van der Waals surface area contributed by atoms with Crippen molar-refractivity contribution < 1.29 is 4.74 Å². The largest absolute Gasteiger partial charge is 0.377 e. The van der Waals surface area contributed by atoms with Crippen molar-refractivity contribution in [3.63, 3.8) is 0 Å². The Morgan fingerprint density at radius 2 is 2.37 bits per heavy atom. The van der Waals surface area contributed by atoms with Crippen molar-refractivity contribution in [2.45, 2.75) is 37.8 Å². The first-order valence-electron chi connectivity index (χ1n) is 6.84. The summed E-state index contributed by atoms with van der Waals surface area (Å²) in [6.07, 6.45) is 5.61. The molecule has 0 spiro atoms. The molecule has 4 heteroatoms. The Kier molecular flexibility index (Phi) is 3.56. The van der Waals surface area contributed by atoms with Gasteiger partial charge in [-0.1, -0.05) is 0 Å². The van der Waals surface area contributed by atoms with Gasteiger partial charge in [0.2, 0.25) is 0 Å². The first kappa shape index (κ1) is 13.0. The molecule has 2 aromatic rings. The maximum atomic E-state index is 5.64. The van der Waals surface area contributed by atoms with Crippen molar-refractivity contribution in [2.75, 3.05) is 13.7 Å². The Labute approximate surface area is 118 Å². The summed E-state index contributed by atoms with van der Waals surface area (Å²) >= 11 is 1.75. The van der Waals surface area contributed by atoms with Crippen molar-refractivity contribution >= 4 is 21.6 Å². The van der Waals surface area contributed by atoms with Crippen LogP contribution in [-0.4, -0.2) is 24.2 Å². The van der Waals surface area contributed by atoms with E-state index in [9.17, 15) is 0 Å². The summed E-state index contributed by atoms with van der Waals surface area (Å²) in [7, 11) is 1.82. The number of fused-ring (bicyclic) bond motifs is 1. The number of hydrogen-bond acceptors (Lipinski definition) is 4. The lowest BCUT2D eigenvalue weighted by Gasteiger charge is -2.41. The van der Waals surface area contributed by atoms with E-state index in [1.54, 1.807) is 11.3 Å². The van der Waals surface area contributed by atoms with Crippen molar-refractivity contribution in [2.24, 2.45) is 0 Å². The normalized spacial score (nSPS) is 19.3. The van der Waals surface area contributed by atoms with Crippen LogP contribution in [-0.2, 0) is 4.74 Å². The molecule has 1 aliphatic rings. The molecular weight excluding hydrogens is 256 g/mol. The number of methoxy groups -OCH3 is 1. The molecule has 3 rings (SSSR count). The van der Waals surface area contributed by atoms with Gasteiger partial charge in [0.25, 0.3) is 0 Å². The molecule has 1 N–H and O–H groups in total. The topological polar surface area (TPSA) is 34.1 Å². The van der Waals surface area contributed by atoms with Crippen molar-refractivity contribution in [3.8, 4) is 0 Å². The highest BCUT2D eigenvalue weighted by atomic mass is 32.1. The highest BCUT2D eigenvalue weighted by molar-refractivity contribution is 7.17. The summed E-state index contributed by atoms with van der Waals surface area (Å²) in [5.41, 5.74) is 2.42. The van der Waals surface area contributed by atoms with Gasteiger partial charge < -0.3 is 10.1 Å². The molecule has 0 amide bonds. The summed E-state index contributed by atoms with van der Waals surface area (Å²) in [4.78, 5) is 4.50. The second kappa shape index (κ2) is 5.19. The Balaban J connectivity index is 1.67. The average molecular weight is 276 g/mol. The van der Waals surface area contributed by atoms with Gasteiger partial charge in [-0.15, -0.1) is 11.3 Å². The van der Waals surface area contributed by atoms with Gasteiger partial charge >= 0.3 is 0 Å². The van der Waals surface area contributed by atoms with Crippen molar-refractivity contribution in [1.82, 2.24) is 10.3 Å². The first-order chi connectivity index (χ1) is 9.22. The Morgan fingerprint density at radius 1 is 1.53 bits per heavy atom. The number of pyridine rings is 1. The van der Waals surface area contributed by atoms with Crippen LogP contribution in [0.5, 0.6) is 0 Å². The van der Waals surface area contributed by atoms with Crippen LogP contribution in [0, 0.1) is 0 Å². The lowest BCUT2D eigenvalue weighted by molar-refractivity contribution is -0.0706. The van der Waals surface area contributed by atoms with E-state index < -0.39 is 0 Å². The Hall–Kier alpha value is -0.970. The smallest absolute Gasteiger partial charge is 0.0809 e. The third-order valence-electron chi connectivity index (χ3n) is 4.25. The van der Waals surface area contributed by atoms with Gasteiger partial charge in [-0.25, -0.2) is 0 Å². The number of nitrogens with zero attached hydrogens (tertiary/aromatic N) is 1. The number of nitrogens with one attached hydrogen (secondary N) is 1. The van der Waals surface area contributed by atoms with Gasteiger partial charge in [0.1, 0.15) is 0 Å². The minimum atomic E-state index is 0.0781. The molecule has 1 fully saturated rings. The van der Waals surface area contributed by atoms with E-state index >= 15 is 0 Å². The SMILES string of the molecule is COC1(CNC(C)c2cnc3ccsc3c2)CCC1. The van der Waals surface area contributed by atoms with E-state index in [0.29, 0.717) is 6.04 Å². The van der Waals surface area contributed by atoms with E-state index in [2.05, 4.69) is 34.7 Å². The summed E-state index contributed by atoms with van der Waals surface area (Å²) < 4.78 is 6.90. The predicted octanol–water partition coefficient (Wildman–Crippen LogP) is 3.52. The van der Waals surface area contributed by atoms with E-state index in [4.69, 9.17) is 4.74 Å². The molecule has 0 aliphatic heterocycles. The quantitative estimate of drug-likeness (QED) is 0.907. The van der Waals surface area contributed by atoms with Gasteiger partial charge in [-0.2, -0.15) is 0 Å². The van der Waals surface area contributed by atoms with Crippen LogP contribution in [0.2, 0.25) is 0 Å². The molecule has 1 atom stereocenters. The average Bonchev–Trinajstić information content (AvgIpc) is 2.84. The molecule has 102 valence electrons. The highest BCUT2D eigenvalue weighted by Gasteiger charge is 2.36. The molecule has 1 aliphatic carbocycles. The van der Waals surface area contributed by atoms with Crippen LogP contribution < -0.4 is 5.32 Å². The third-order valence-corrected chi connectivity index (χ3v) is 5.11. The Bertz CT molecular complexity index is 557. The van der Waals surface area contributed by atoms with Crippen LogP contribution in [0.1, 0.15) is 37.8 Å². The molecular formula is C15H20N2OS. The number of aromatic nitrogens is 1. The number of rotatable bonds is 5. The third kappa shape index (κ3) is 2.53. The zero-order valence-corrected chi connectivity index (χ0v) is 12.3.